The first-order valence-electron chi connectivity index (χ1n) is 5.76. The summed E-state index contributed by atoms with van der Waals surface area (Å²) in [7, 11) is 0. The molecule has 18 heavy (non-hydrogen) atoms. The number of hydrogen-bond acceptors (Lipinski definition) is 4. The van der Waals surface area contributed by atoms with Gasteiger partial charge in [-0.3, -0.25) is 4.79 Å². The number of rotatable bonds is 7. The molecule has 0 aliphatic carbocycles. The third-order valence-electron chi connectivity index (χ3n) is 2.60. The molecule has 1 atom stereocenters. The second-order valence-electron chi connectivity index (χ2n) is 3.95. The molecule has 2 rings (SSSR count). The summed E-state index contributed by atoms with van der Waals surface area (Å²) in [4.78, 5) is 13.1. The van der Waals surface area contributed by atoms with Crippen molar-refractivity contribution in [3.05, 3.63) is 44.8 Å². The van der Waals surface area contributed by atoms with Crippen LogP contribution in [0.3, 0.4) is 0 Å². The minimum absolute atomic E-state index is 0.159. The molecule has 0 saturated heterocycles. The van der Waals surface area contributed by atoms with Crippen molar-refractivity contribution < 1.29 is 9.90 Å². The Bertz CT molecular complexity index is 465. The van der Waals surface area contributed by atoms with Crippen molar-refractivity contribution in [3.63, 3.8) is 0 Å². The van der Waals surface area contributed by atoms with Crippen molar-refractivity contribution in [1.29, 1.82) is 0 Å². The summed E-state index contributed by atoms with van der Waals surface area (Å²) in [6, 6.07) is 8.49. The van der Waals surface area contributed by atoms with Crippen molar-refractivity contribution in [1.82, 2.24) is 5.32 Å². The molecule has 0 aromatic carbocycles. The fourth-order valence-corrected chi connectivity index (χ4v) is 3.30. The van der Waals surface area contributed by atoms with Gasteiger partial charge in [0.2, 0.25) is 0 Å². The normalized spacial score (nSPS) is 12.4. The maximum absolute atomic E-state index is 10.5. The molecular weight excluding hydrogens is 266 g/mol. The Hall–Kier alpha value is -1.17. The summed E-state index contributed by atoms with van der Waals surface area (Å²) in [6.07, 6.45) is 1.07. The second kappa shape index (κ2) is 6.68. The standard InChI is InChI=1S/C13H15NO2S2/c15-13(16)5-6-14-11(12-4-2-8-18-12)9-10-3-1-7-17-10/h1-4,7-8,11,14H,5-6,9H2,(H,15,16). The number of thiophene rings is 2. The molecule has 0 radical (unpaired) electrons. The lowest BCUT2D eigenvalue weighted by Crippen LogP contribution is -2.25. The van der Waals surface area contributed by atoms with Crippen LogP contribution in [0.15, 0.2) is 35.0 Å². The molecule has 0 fully saturated rings. The highest BCUT2D eigenvalue weighted by Gasteiger charge is 2.13. The minimum atomic E-state index is -0.761. The molecule has 1 unspecified atom stereocenters. The van der Waals surface area contributed by atoms with E-state index in [0.717, 1.165) is 6.42 Å². The van der Waals surface area contributed by atoms with E-state index >= 15 is 0 Å². The third-order valence-corrected chi connectivity index (χ3v) is 4.49. The lowest BCUT2D eigenvalue weighted by Gasteiger charge is -2.16. The largest absolute Gasteiger partial charge is 0.481 e. The summed E-state index contributed by atoms with van der Waals surface area (Å²) in [5.41, 5.74) is 0. The van der Waals surface area contributed by atoms with Gasteiger partial charge >= 0.3 is 5.97 Å². The van der Waals surface area contributed by atoms with Crippen LogP contribution in [0.25, 0.3) is 0 Å². The van der Waals surface area contributed by atoms with Crippen LogP contribution in [-0.4, -0.2) is 17.6 Å². The van der Waals surface area contributed by atoms with Gasteiger partial charge < -0.3 is 10.4 Å². The van der Waals surface area contributed by atoms with Crippen LogP contribution in [-0.2, 0) is 11.2 Å². The number of carboxylic acid groups (broad SMARTS) is 1. The SMILES string of the molecule is O=C(O)CCNC(Cc1cccs1)c1cccs1. The molecular formula is C13H15NO2S2. The summed E-state index contributed by atoms with van der Waals surface area (Å²) in [6.45, 7) is 0.503. The van der Waals surface area contributed by atoms with E-state index in [4.69, 9.17) is 5.11 Å². The minimum Gasteiger partial charge on any atom is -0.481 e. The van der Waals surface area contributed by atoms with Crippen molar-refractivity contribution >= 4 is 28.6 Å². The van der Waals surface area contributed by atoms with E-state index in [1.165, 1.54) is 9.75 Å². The van der Waals surface area contributed by atoms with E-state index in [9.17, 15) is 4.79 Å². The Morgan fingerprint density at radius 2 is 2.06 bits per heavy atom. The zero-order chi connectivity index (χ0) is 12.8. The highest BCUT2D eigenvalue weighted by Crippen LogP contribution is 2.24. The molecule has 5 heteroatoms. The molecule has 2 heterocycles. The van der Waals surface area contributed by atoms with Crippen LogP contribution in [0.5, 0.6) is 0 Å². The van der Waals surface area contributed by atoms with E-state index in [1.807, 2.05) is 12.1 Å². The first kappa shape index (κ1) is 13.3. The zero-order valence-electron chi connectivity index (χ0n) is 9.83. The van der Waals surface area contributed by atoms with Gasteiger partial charge in [-0.25, -0.2) is 0 Å². The van der Waals surface area contributed by atoms with Crippen LogP contribution >= 0.6 is 22.7 Å². The van der Waals surface area contributed by atoms with E-state index in [2.05, 4.69) is 28.2 Å². The highest BCUT2D eigenvalue weighted by molar-refractivity contribution is 7.10. The van der Waals surface area contributed by atoms with Gasteiger partial charge in [0, 0.05) is 28.8 Å². The topological polar surface area (TPSA) is 49.3 Å². The molecule has 2 aromatic heterocycles. The quantitative estimate of drug-likeness (QED) is 0.819. The lowest BCUT2D eigenvalue weighted by atomic mass is 10.1. The molecule has 0 bridgehead atoms. The summed E-state index contributed by atoms with van der Waals surface area (Å²) >= 11 is 3.44. The van der Waals surface area contributed by atoms with Crippen LogP contribution in [0.1, 0.15) is 22.2 Å². The highest BCUT2D eigenvalue weighted by atomic mass is 32.1. The molecule has 0 spiro atoms. The van der Waals surface area contributed by atoms with Crippen molar-refractivity contribution in [3.8, 4) is 0 Å². The molecule has 0 aliphatic heterocycles. The van der Waals surface area contributed by atoms with E-state index in [1.54, 1.807) is 22.7 Å². The number of carboxylic acids is 1. The van der Waals surface area contributed by atoms with Gasteiger partial charge in [0.1, 0.15) is 0 Å². The third kappa shape index (κ3) is 3.94. The predicted molar refractivity (Wildman–Crippen MR) is 75.3 cm³/mol. The molecule has 0 amide bonds. The van der Waals surface area contributed by atoms with Crippen LogP contribution in [0.4, 0.5) is 0 Å². The Labute approximate surface area is 114 Å². The van der Waals surface area contributed by atoms with Crippen molar-refractivity contribution in [2.45, 2.75) is 18.9 Å². The number of hydrogen-bond donors (Lipinski definition) is 2. The smallest absolute Gasteiger partial charge is 0.304 e. The lowest BCUT2D eigenvalue weighted by molar-refractivity contribution is -0.136. The van der Waals surface area contributed by atoms with Crippen LogP contribution < -0.4 is 5.32 Å². The van der Waals surface area contributed by atoms with Gasteiger partial charge in [-0.05, 0) is 22.9 Å². The number of nitrogens with one attached hydrogen (secondary N) is 1. The Morgan fingerprint density at radius 3 is 2.67 bits per heavy atom. The first-order chi connectivity index (χ1) is 8.75. The predicted octanol–water partition coefficient (Wildman–Crippen LogP) is 3.16. The Balaban J connectivity index is 1.97. The molecule has 2 aromatic rings. The summed E-state index contributed by atoms with van der Waals surface area (Å²) in [5, 5.41) is 16.1. The monoisotopic (exact) mass is 281 g/mol. The summed E-state index contributed by atoms with van der Waals surface area (Å²) < 4.78 is 0. The average molecular weight is 281 g/mol. The second-order valence-corrected chi connectivity index (χ2v) is 5.96. The van der Waals surface area contributed by atoms with E-state index in [-0.39, 0.29) is 12.5 Å². The van der Waals surface area contributed by atoms with Gasteiger partial charge in [-0.2, -0.15) is 0 Å². The van der Waals surface area contributed by atoms with E-state index < -0.39 is 5.97 Å². The van der Waals surface area contributed by atoms with Gasteiger partial charge in [-0.1, -0.05) is 12.1 Å². The maximum Gasteiger partial charge on any atom is 0.304 e. The molecule has 0 saturated carbocycles. The molecule has 3 nitrogen and oxygen atoms in total. The molecule has 0 aliphatic rings. The first-order valence-corrected chi connectivity index (χ1v) is 7.52. The average Bonchev–Trinajstić information content (AvgIpc) is 3.00. The molecule has 2 N–H and O–H groups in total. The van der Waals surface area contributed by atoms with Crippen LogP contribution in [0, 0.1) is 0 Å². The van der Waals surface area contributed by atoms with Crippen LogP contribution in [0.2, 0.25) is 0 Å². The van der Waals surface area contributed by atoms with Gasteiger partial charge in [-0.15, -0.1) is 22.7 Å². The van der Waals surface area contributed by atoms with Gasteiger partial charge in [0.25, 0.3) is 0 Å². The number of carbonyl (C=O) groups is 1. The fourth-order valence-electron chi connectivity index (χ4n) is 1.75. The Kier molecular flexibility index (Phi) is 4.92. The van der Waals surface area contributed by atoms with Gasteiger partial charge in [0.15, 0.2) is 0 Å². The van der Waals surface area contributed by atoms with Gasteiger partial charge in [0.05, 0.1) is 6.42 Å². The van der Waals surface area contributed by atoms with Crippen molar-refractivity contribution in [2.24, 2.45) is 0 Å². The Morgan fingerprint density at radius 1 is 1.28 bits per heavy atom. The maximum atomic E-state index is 10.5. The summed E-state index contributed by atoms with van der Waals surface area (Å²) in [5.74, 6) is -0.761. The fraction of sp³-hybridized carbons (Fsp3) is 0.308. The molecule has 96 valence electrons. The van der Waals surface area contributed by atoms with E-state index in [0.29, 0.717) is 6.54 Å². The number of aliphatic carboxylic acids is 1. The van der Waals surface area contributed by atoms with Crippen molar-refractivity contribution in [2.75, 3.05) is 6.54 Å². The zero-order valence-corrected chi connectivity index (χ0v) is 11.5.